The lowest BCUT2D eigenvalue weighted by Crippen LogP contribution is -2.46. The third-order valence-electron chi connectivity index (χ3n) is 4.23. The van der Waals surface area contributed by atoms with Crippen LogP contribution in [-0.4, -0.2) is 30.3 Å². The molecule has 130 valence electrons. The predicted molar refractivity (Wildman–Crippen MR) is 93.7 cm³/mol. The molecule has 4 heteroatoms. The van der Waals surface area contributed by atoms with Crippen LogP contribution in [0.5, 0.6) is 5.75 Å². The Hall–Kier alpha value is -1.55. The molecule has 2 N–H and O–H groups in total. The zero-order valence-corrected chi connectivity index (χ0v) is 15.2. The Balaban J connectivity index is 2.76. The number of ether oxygens (including phenoxy) is 1. The normalized spacial score (nSPS) is 14.4. The maximum atomic E-state index is 12.6. The first-order valence-corrected chi connectivity index (χ1v) is 8.33. The van der Waals surface area contributed by atoms with Gasteiger partial charge in [0.1, 0.15) is 5.75 Å². The van der Waals surface area contributed by atoms with Gasteiger partial charge in [0.15, 0.2) is 0 Å². The number of nitrogens with one attached hydrogen (secondary N) is 1. The fraction of sp³-hybridized carbons (Fsp3) is 0.632. The molecule has 0 aliphatic heterocycles. The van der Waals surface area contributed by atoms with Gasteiger partial charge in [0, 0.05) is 12.6 Å². The SMILES string of the molecule is CC(C)COc1ccc(C(C)(C)C(=O)NC(C)C(C)CO)cc1. The van der Waals surface area contributed by atoms with Crippen LogP contribution in [0.25, 0.3) is 0 Å². The Morgan fingerprint density at radius 3 is 2.22 bits per heavy atom. The molecule has 23 heavy (non-hydrogen) atoms. The van der Waals surface area contributed by atoms with E-state index in [1.54, 1.807) is 0 Å². The Morgan fingerprint density at radius 1 is 1.17 bits per heavy atom. The van der Waals surface area contributed by atoms with Crippen molar-refractivity contribution in [2.24, 2.45) is 11.8 Å². The van der Waals surface area contributed by atoms with Crippen molar-refractivity contribution in [1.29, 1.82) is 0 Å². The van der Waals surface area contributed by atoms with Crippen LogP contribution in [0.2, 0.25) is 0 Å². The summed E-state index contributed by atoms with van der Waals surface area (Å²) in [6.45, 7) is 12.6. The lowest BCUT2D eigenvalue weighted by molar-refractivity contribution is -0.126. The molecule has 1 aromatic rings. The number of carbonyl (C=O) groups excluding carboxylic acids is 1. The van der Waals surface area contributed by atoms with E-state index in [0.717, 1.165) is 11.3 Å². The fourth-order valence-electron chi connectivity index (χ4n) is 2.05. The van der Waals surface area contributed by atoms with E-state index >= 15 is 0 Å². The molecular weight excluding hydrogens is 290 g/mol. The highest BCUT2D eigenvalue weighted by atomic mass is 16.5. The summed E-state index contributed by atoms with van der Waals surface area (Å²) in [6.07, 6.45) is 0. The van der Waals surface area contributed by atoms with Gasteiger partial charge >= 0.3 is 0 Å². The summed E-state index contributed by atoms with van der Waals surface area (Å²) in [5, 5.41) is 12.2. The molecule has 0 fully saturated rings. The van der Waals surface area contributed by atoms with Crippen LogP contribution in [0.3, 0.4) is 0 Å². The molecule has 4 nitrogen and oxygen atoms in total. The fourth-order valence-corrected chi connectivity index (χ4v) is 2.05. The zero-order valence-electron chi connectivity index (χ0n) is 15.2. The molecule has 0 saturated heterocycles. The van der Waals surface area contributed by atoms with Crippen LogP contribution < -0.4 is 10.1 Å². The third-order valence-corrected chi connectivity index (χ3v) is 4.23. The van der Waals surface area contributed by atoms with E-state index in [-0.39, 0.29) is 24.5 Å². The van der Waals surface area contributed by atoms with E-state index in [0.29, 0.717) is 12.5 Å². The summed E-state index contributed by atoms with van der Waals surface area (Å²) in [6, 6.07) is 7.63. The average molecular weight is 321 g/mol. The minimum Gasteiger partial charge on any atom is -0.493 e. The first-order valence-electron chi connectivity index (χ1n) is 8.33. The second-order valence-corrected chi connectivity index (χ2v) is 7.28. The second-order valence-electron chi connectivity index (χ2n) is 7.28. The van der Waals surface area contributed by atoms with Gasteiger partial charge in [-0.1, -0.05) is 32.9 Å². The molecule has 2 atom stereocenters. The quantitative estimate of drug-likeness (QED) is 0.773. The maximum absolute atomic E-state index is 12.6. The summed E-state index contributed by atoms with van der Waals surface area (Å²) in [5.74, 6) is 1.29. The van der Waals surface area contributed by atoms with Crippen LogP contribution >= 0.6 is 0 Å². The zero-order chi connectivity index (χ0) is 17.6. The summed E-state index contributed by atoms with van der Waals surface area (Å²) in [4.78, 5) is 12.6. The standard InChI is InChI=1S/C19H31NO3/c1-13(2)12-23-17-9-7-16(8-10-17)19(5,6)18(22)20-15(4)14(3)11-21/h7-10,13-15,21H,11-12H2,1-6H3,(H,20,22). The number of amides is 1. The van der Waals surface area contributed by atoms with Crippen molar-refractivity contribution >= 4 is 5.91 Å². The van der Waals surface area contributed by atoms with Gasteiger partial charge in [-0.25, -0.2) is 0 Å². The molecule has 2 unspecified atom stereocenters. The number of aliphatic hydroxyl groups excluding tert-OH is 1. The molecule has 1 aromatic carbocycles. The highest BCUT2D eigenvalue weighted by Gasteiger charge is 2.31. The Morgan fingerprint density at radius 2 is 1.74 bits per heavy atom. The second kappa shape index (κ2) is 8.34. The van der Waals surface area contributed by atoms with E-state index in [1.807, 2.05) is 52.0 Å². The van der Waals surface area contributed by atoms with Crippen molar-refractivity contribution < 1.29 is 14.6 Å². The highest BCUT2D eigenvalue weighted by Crippen LogP contribution is 2.26. The van der Waals surface area contributed by atoms with Crippen molar-refractivity contribution in [3.05, 3.63) is 29.8 Å². The molecule has 1 amide bonds. The molecule has 0 aliphatic rings. The Kier molecular flexibility index (Phi) is 7.07. The smallest absolute Gasteiger partial charge is 0.230 e. The number of benzene rings is 1. The lowest BCUT2D eigenvalue weighted by Gasteiger charge is -2.28. The first-order chi connectivity index (χ1) is 10.7. The summed E-state index contributed by atoms with van der Waals surface area (Å²) < 4.78 is 5.68. The van der Waals surface area contributed by atoms with Crippen molar-refractivity contribution in [1.82, 2.24) is 5.32 Å². The molecule has 0 radical (unpaired) electrons. The predicted octanol–water partition coefficient (Wildman–Crippen LogP) is 3.13. The first kappa shape index (κ1) is 19.5. The minimum atomic E-state index is -0.639. The summed E-state index contributed by atoms with van der Waals surface area (Å²) in [5.41, 5.74) is 0.302. The van der Waals surface area contributed by atoms with Crippen LogP contribution in [0, 0.1) is 11.8 Å². The number of hydrogen-bond donors (Lipinski definition) is 2. The van der Waals surface area contributed by atoms with Gasteiger partial charge in [0.25, 0.3) is 0 Å². The molecule has 0 saturated carbocycles. The number of aliphatic hydroxyl groups is 1. The third kappa shape index (κ3) is 5.54. The molecule has 1 rings (SSSR count). The van der Waals surface area contributed by atoms with Crippen molar-refractivity contribution in [2.75, 3.05) is 13.2 Å². The average Bonchev–Trinajstić information content (AvgIpc) is 2.52. The molecular formula is C19H31NO3. The van der Waals surface area contributed by atoms with E-state index in [1.165, 1.54) is 0 Å². The van der Waals surface area contributed by atoms with Crippen LogP contribution in [0.15, 0.2) is 24.3 Å². The molecule has 0 heterocycles. The maximum Gasteiger partial charge on any atom is 0.230 e. The van der Waals surface area contributed by atoms with Crippen LogP contribution in [-0.2, 0) is 10.2 Å². The number of hydrogen-bond acceptors (Lipinski definition) is 3. The van der Waals surface area contributed by atoms with Crippen molar-refractivity contribution in [3.8, 4) is 5.75 Å². The van der Waals surface area contributed by atoms with Gasteiger partial charge in [0.2, 0.25) is 5.91 Å². The van der Waals surface area contributed by atoms with E-state index in [2.05, 4.69) is 19.2 Å². The molecule has 0 spiro atoms. The van der Waals surface area contributed by atoms with Crippen LogP contribution in [0.4, 0.5) is 0 Å². The minimum absolute atomic E-state index is 0.0292. The van der Waals surface area contributed by atoms with E-state index < -0.39 is 5.41 Å². The monoisotopic (exact) mass is 321 g/mol. The van der Waals surface area contributed by atoms with Gasteiger partial charge in [-0.15, -0.1) is 0 Å². The lowest BCUT2D eigenvalue weighted by atomic mass is 9.83. The Bertz CT molecular complexity index is 494. The summed E-state index contributed by atoms with van der Waals surface area (Å²) >= 11 is 0. The molecule has 0 aliphatic carbocycles. The molecule has 0 aromatic heterocycles. The van der Waals surface area contributed by atoms with Gasteiger partial charge in [-0.05, 0) is 50.3 Å². The number of carbonyl (C=O) groups is 1. The topological polar surface area (TPSA) is 58.6 Å². The van der Waals surface area contributed by atoms with Gasteiger partial charge < -0.3 is 15.2 Å². The van der Waals surface area contributed by atoms with E-state index in [4.69, 9.17) is 4.74 Å². The van der Waals surface area contributed by atoms with E-state index in [9.17, 15) is 9.90 Å². The largest absolute Gasteiger partial charge is 0.493 e. The van der Waals surface area contributed by atoms with Crippen molar-refractivity contribution in [2.45, 2.75) is 53.0 Å². The van der Waals surface area contributed by atoms with Crippen LogP contribution in [0.1, 0.15) is 47.1 Å². The Labute approximate surface area is 140 Å². The highest BCUT2D eigenvalue weighted by molar-refractivity contribution is 5.87. The van der Waals surface area contributed by atoms with Crippen molar-refractivity contribution in [3.63, 3.8) is 0 Å². The molecule has 0 bridgehead atoms. The van der Waals surface area contributed by atoms with Gasteiger partial charge in [-0.2, -0.15) is 0 Å². The number of rotatable bonds is 8. The van der Waals surface area contributed by atoms with Gasteiger partial charge in [-0.3, -0.25) is 4.79 Å². The summed E-state index contributed by atoms with van der Waals surface area (Å²) in [7, 11) is 0. The van der Waals surface area contributed by atoms with Gasteiger partial charge in [0.05, 0.1) is 12.0 Å².